The summed E-state index contributed by atoms with van der Waals surface area (Å²) in [5.41, 5.74) is 1.68. The highest BCUT2D eigenvalue weighted by atomic mass is 35.5. The predicted octanol–water partition coefficient (Wildman–Crippen LogP) is 2.94. The maximum absolute atomic E-state index is 5.90. The molecular weight excluding hydrogens is 233 g/mol. The van der Waals surface area contributed by atoms with Crippen molar-refractivity contribution in [1.82, 2.24) is 14.8 Å². The first-order valence-corrected chi connectivity index (χ1v) is 5.21. The second-order valence-corrected chi connectivity index (χ2v) is 4.07. The van der Waals surface area contributed by atoms with Gasteiger partial charge >= 0.3 is 0 Å². The minimum absolute atomic E-state index is 0.578. The lowest BCUT2D eigenvalue weighted by atomic mass is 10.3. The molecule has 0 saturated carbocycles. The zero-order valence-corrected chi connectivity index (χ0v) is 9.63. The fourth-order valence-electron chi connectivity index (χ4n) is 1.28. The Balaban J connectivity index is 2.22. The van der Waals surface area contributed by atoms with Gasteiger partial charge in [0.25, 0.3) is 0 Å². The molecule has 78 valence electrons. The van der Waals surface area contributed by atoms with Crippen LogP contribution >= 0.6 is 23.2 Å². The molecule has 0 atom stereocenters. The van der Waals surface area contributed by atoms with Crippen LogP contribution in [0.2, 0.25) is 10.0 Å². The summed E-state index contributed by atoms with van der Waals surface area (Å²) in [6.07, 6.45) is 3.45. The maximum Gasteiger partial charge on any atom is 0.0832 e. The van der Waals surface area contributed by atoms with Crippen LogP contribution in [-0.4, -0.2) is 14.8 Å². The predicted molar refractivity (Wildman–Crippen MR) is 60.3 cm³/mol. The van der Waals surface area contributed by atoms with E-state index in [0.717, 1.165) is 11.4 Å². The van der Waals surface area contributed by atoms with E-state index in [2.05, 4.69) is 10.1 Å². The molecule has 0 N–H and O–H groups in total. The van der Waals surface area contributed by atoms with Crippen molar-refractivity contribution < 1.29 is 0 Å². The van der Waals surface area contributed by atoms with Crippen molar-refractivity contribution in [2.75, 3.05) is 0 Å². The average Bonchev–Trinajstić information content (AvgIpc) is 2.45. The van der Waals surface area contributed by atoms with Crippen molar-refractivity contribution in [3.05, 3.63) is 46.0 Å². The van der Waals surface area contributed by atoms with E-state index in [1.54, 1.807) is 23.1 Å². The summed E-state index contributed by atoms with van der Waals surface area (Å²) in [7, 11) is 0. The highest BCUT2D eigenvalue weighted by Crippen LogP contribution is 2.14. The quantitative estimate of drug-likeness (QED) is 0.810. The van der Waals surface area contributed by atoms with Gasteiger partial charge in [-0.15, -0.1) is 0 Å². The average molecular weight is 242 g/mol. The fourth-order valence-corrected chi connectivity index (χ4v) is 1.61. The van der Waals surface area contributed by atoms with E-state index >= 15 is 0 Å². The number of rotatable bonds is 2. The van der Waals surface area contributed by atoms with E-state index in [1.165, 1.54) is 0 Å². The van der Waals surface area contributed by atoms with E-state index in [4.69, 9.17) is 23.2 Å². The molecule has 0 unspecified atom stereocenters. The molecule has 0 spiro atoms. The molecule has 3 nitrogen and oxygen atoms in total. The van der Waals surface area contributed by atoms with Gasteiger partial charge in [-0.1, -0.05) is 23.2 Å². The number of aryl methyl sites for hydroxylation is 1. The van der Waals surface area contributed by atoms with Gasteiger partial charge in [-0.05, 0) is 19.1 Å². The first kappa shape index (κ1) is 10.5. The van der Waals surface area contributed by atoms with Gasteiger partial charge in [0, 0.05) is 17.4 Å². The Morgan fingerprint density at radius 3 is 2.80 bits per heavy atom. The summed E-state index contributed by atoms with van der Waals surface area (Å²) in [5.74, 6) is 0. The van der Waals surface area contributed by atoms with Gasteiger partial charge in [0.1, 0.15) is 0 Å². The molecular formula is C10H9Cl2N3. The van der Waals surface area contributed by atoms with E-state index in [1.807, 2.05) is 13.0 Å². The summed E-state index contributed by atoms with van der Waals surface area (Å²) in [4.78, 5) is 4.19. The Bertz CT molecular complexity index is 460. The Kier molecular flexibility index (Phi) is 2.93. The number of halogens is 2. The lowest BCUT2D eigenvalue weighted by molar-refractivity contribution is 0.666. The van der Waals surface area contributed by atoms with E-state index in [-0.39, 0.29) is 0 Å². The molecule has 2 aromatic rings. The van der Waals surface area contributed by atoms with Crippen molar-refractivity contribution in [3.63, 3.8) is 0 Å². The first-order valence-electron chi connectivity index (χ1n) is 4.45. The third-order valence-electron chi connectivity index (χ3n) is 1.99. The van der Waals surface area contributed by atoms with E-state index in [9.17, 15) is 0 Å². The molecule has 5 heteroatoms. The summed E-state index contributed by atoms with van der Waals surface area (Å²) in [5, 5.41) is 5.58. The van der Waals surface area contributed by atoms with Crippen LogP contribution in [0, 0.1) is 6.92 Å². The Labute approximate surface area is 97.7 Å². The molecule has 0 aliphatic rings. The van der Waals surface area contributed by atoms with Gasteiger partial charge in [-0.3, -0.25) is 9.67 Å². The normalized spacial score (nSPS) is 10.6. The van der Waals surface area contributed by atoms with Gasteiger partial charge in [-0.25, -0.2) is 0 Å². The minimum atomic E-state index is 0.578. The molecule has 2 aromatic heterocycles. The van der Waals surface area contributed by atoms with Crippen LogP contribution in [-0.2, 0) is 6.54 Å². The van der Waals surface area contributed by atoms with Crippen molar-refractivity contribution in [3.8, 4) is 0 Å². The summed E-state index contributed by atoms with van der Waals surface area (Å²) in [6.45, 7) is 2.44. The van der Waals surface area contributed by atoms with Gasteiger partial charge in [0.2, 0.25) is 0 Å². The molecule has 2 rings (SSSR count). The van der Waals surface area contributed by atoms with Crippen molar-refractivity contribution >= 4 is 23.2 Å². The summed E-state index contributed by atoms with van der Waals surface area (Å²) in [6, 6.07) is 3.55. The highest BCUT2D eigenvalue weighted by Gasteiger charge is 2.03. The van der Waals surface area contributed by atoms with Crippen LogP contribution in [0.4, 0.5) is 0 Å². The van der Waals surface area contributed by atoms with Crippen molar-refractivity contribution in [2.24, 2.45) is 0 Å². The first-order chi connectivity index (χ1) is 7.15. The third-order valence-corrected chi connectivity index (χ3v) is 2.60. The molecule has 0 aliphatic carbocycles. The van der Waals surface area contributed by atoms with Crippen LogP contribution in [0.15, 0.2) is 24.5 Å². The third kappa shape index (κ3) is 2.49. The lowest BCUT2D eigenvalue weighted by Gasteiger charge is -2.00. The SMILES string of the molecule is Cc1nn(Cc2cc(Cl)ccn2)cc1Cl. The number of hydrogen-bond acceptors (Lipinski definition) is 2. The van der Waals surface area contributed by atoms with Crippen LogP contribution in [0.25, 0.3) is 0 Å². The minimum Gasteiger partial charge on any atom is -0.265 e. The van der Waals surface area contributed by atoms with Crippen LogP contribution in [0.5, 0.6) is 0 Å². The molecule has 2 heterocycles. The van der Waals surface area contributed by atoms with Gasteiger partial charge in [-0.2, -0.15) is 5.10 Å². The Morgan fingerprint density at radius 1 is 1.40 bits per heavy atom. The zero-order chi connectivity index (χ0) is 10.8. The molecule has 0 amide bonds. The maximum atomic E-state index is 5.90. The largest absolute Gasteiger partial charge is 0.265 e. The topological polar surface area (TPSA) is 30.7 Å². The van der Waals surface area contributed by atoms with Crippen LogP contribution in [0.1, 0.15) is 11.4 Å². The smallest absolute Gasteiger partial charge is 0.0832 e. The number of pyridine rings is 1. The van der Waals surface area contributed by atoms with Crippen LogP contribution < -0.4 is 0 Å². The van der Waals surface area contributed by atoms with Crippen molar-refractivity contribution in [2.45, 2.75) is 13.5 Å². The fraction of sp³-hybridized carbons (Fsp3) is 0.200. The van der Waals surface area contributed by atoms with Gasteiger partial charge < -0.3 is 0 Å². The Hall–Kier alpha value is -1.06. The van der Waals surface area contributed by atoms with Crippen LogP contribution in [0.3, 0.4) is 0 Å². The second kappa shape index (κ2) is 4.21. The van der Waals surface area contributed by atoms with Gasteiger partial charge in [0.05, 0.1) is 23.0 Å². The summed E-state index contributed by atoms with van der Waals surface area (Å²) < 4.78 is 1.75. The van der Waals surface area contributed by atoms with Crippen molar-refractivity contribution in [1.29, 1.82) is 0 Å². The van der Waals surface area contributed by atoms with E-state index in [0.29, 0.717) is 16.6 Å². The number of aromatic nitrogens is 3. The molecule has 0 saturated heterocycles. The molecule has 0 aromatic carbocycles. The second-order valence-electron chi connectivity index (χ2n) is 3.23. The molecule has 0 bridgehead atoms. The zero-order valence-electron chi connectivity index (χ0n) is 8.11. The van der Waals surface area contributed by atoms with Gasteiger partial charge in [0.15, 0.2) is 0 Å². The number of hydrogen-bond donors (Lipinski definition) is 0. The lowest BCUT2D eigenvalue weighted by Crippen LogP contribution is -2.02. The molecule has 0 fully saturated rings. The number of nitrogens with zero attached hydrogens (tertiary/aromatic N) is 3. The molecule has 0 radical (unpaired) electrons. The monoisotopic (exact) mass is 241 g/mol. The highest BCUT2D eigenvalue weighted by molar-refractivity contribution is 6.31. The summed E-state index contributed by atoms with van der Waals surface area (Å²) >= 11 is 11.7. The molecule has 15 heavy (non-hydrogen) atoms. The van der Waals surface area contributed by atoms with E-state index < -0.39 is 0 Å². The molecule has 0 aliphatic heterocycles. The Morgan fingerprint density at radius 2 is 2.20 bits per heavy atom. The standard InChI is InChI=1S/C10H9Cl2N3/c1-7-10(12)6-15(14-7)5-9-4-8(11)2-3-13-9/h2-4,6H,5H2,1H3.